The van der Waals surface area contributed by atoms with Gasteiger partial charge in [-0.2, -0.15) is 0 Å². The zero-order chi connectivity index (χ0) is 17.4. The van der Waals surface area contributed by atoms with Crippen LogP contribution in [0.4, 0.5) is 0 Å². The Labute approximate surface area is 153 Å². The number of carbonyl (C=O) groups is 2. The van der Waals surface area contributed by atoms with Gasteiger partial charge in [-0.25, -0.2) is 4.79 Å². The second kappa shape index (κ2) is 9.25. The Morgan fingerprint density at radius 3 is 2.58 bits per heavy atom. The van der Waals surface area contributed by atoms with Crippen LogP contribution in [0, 0.1) is 0 Å². The summed E-state index contributed by atoms with van der Waals surface area (Å²) in [6, 6.07) is 14.7. The van der Waals surface area contributed by atoms with Crippen LogP contribution >= 0.6 is 27.5 Å². The second-order valence-corrected chi connectivity index (χ2v) is 6.09. The number of carbonyl (C=O) groups excluding carboxylic acids is 2. The molecule has 0 bridgehead atoms. The molecule has 2 aromatic carbocycles. The van der Waals surface area contributed by atoms with Gasteiger partial charge in [0.05, 0.1) is 0 Å². The van der Waals surface area contributed by atoms with Crippen LogP contribution in [0.1, 0.15) is 11.1 Å². The molecule has 6 heteroatoms. The average Bonchev–Trinajstić information content (AvgIpc) is 2.58. The highest BCUT2D eigenvalue weighted by molar-refractivity contribution is 9.10. The first kappa shape index (κ1) is 18.2. The minimum absolute atomic E-state index is 0.281. The molecule has 0 unspecified atom stereocenters. The van der Waals surface area contributed by atoms with Crippen molar-refractivity contribution in [3.05, 3.63) is 75.2 Å². The molecule has 0 atom stereocenters. The van der Waals surface area contributed by atoms with Gasteiger partial charge in [-0.1, -0.05) is 63.9 Å². The van der Waals surface area contributed by atoms with E-state index in [1.165, 1.54) is 6.08 Å². The number of amides is 1. The Bertz CT molecular complexity index is 761. The number of hydrogen-bond donors (Lipinski definition) is 1. The van der Waals surface area contributed by atoms with Crippen molar-refractivity contribution in [3.8, 4) is 0 Å². The lowest BCUT2D eigenvalue weighted by Gasteiger charge is -2.07. The largest absolute Gasteiger partial charge is 0.452 e. The van der Waals surface area contributed by atoms with E-state index < -0.39 is 11.9 Å². The van der Waals surface area contributed by atoms with Crippen LogP contribution in [-0.2, 0) is 20.9 Å². The second-order valence-electron chi connectivity index (χ2n) is 4.83. The van der Waals surface area contributed by atoms with E-state index in [0.717, 1.165) is 15.6 Å². The summed E-state index contributed by atoms with van der Waals surface area (Å²) in [5.74, 6) is -0.976. The lowest BCUT2D eigenvalue weighted by atomic mass is 10.2. The summed E-state index contributed by atoms with van der Waals surface area (Å²) in [6.07, 6.45) is 2.90. The molecule has 124 valence electrons. The average molecular weight is 409 g/mol. The van der Waals surface area contributed by atoms with Crippen molar-refractivity contribution < 1.29 is 14.3 Å². The quantitative estimate of drug-likeness (QED) is 0.581. The molecule has 0 saturated carbocycles. The summed E-state index contributed by atoms with van der Waals surface area (Å²) in [5.41, 5.74) is 1.64. The van der Waals surface area contributed by atoms with Crippen molar-refractivity contribution in [2.24, 2.45) is 0 Å². The molecular formula is C18H15BrClNO3. The monoisotopic (exact) mass is 407 g/mol. The predicted octanol–water partition coefficient (Wildman–Crippen LogP) is 3.98. The number of benzene rings is 2. The van der Waals surface area contributed by atoms with Crippen molar-refractivity contribution >= 4 is 45.5 Å². The Morgan fingerprint density at radius 2 is 1.83 bits per heavy atom. The van der Waals surface area contributed by atoms with Gasteiger partial charge in [-0.05, 0) is 29.3 Å². The molecule has 1 N–H and O–H groups in total. The van der Waals surface area contributed by atoms with Crippen LogP contribution in [0.2, 0.25) is 5.02 Å². The molecule has 0 aliphatic heterocycles. The Hall–Kier alpha value is -2.11. The fourth-order valence-corrected chi connectivity index (χ4v) is 2.46. The molecule has 1 amide bonds. The topological polar surface area (TPSA) is 55.4 Å². The van der Waals surface area contributed by atoms with Gasteiger partial charge < -0.3 is 10.1 Å². The Morgan fingerprint density at radius 1 is 1.12 bits per heavy atom. The van der Waals surface area contributed by atoms with Gasteiger partial charge in [-0.3, -0.25) is 4.79 Å². The van der Waals surface area contributed by atoms with Gasteiger partial charge in [0.1, 0.15) is 0 Å². The Balaban J connectivity index is 1.76. The maximum atomic E-state index is 11.7. The Kier molecular flexibility index (Phi) is 7.03. The standard InChI is InChI=1S/C18H15BrClNO3/c19-15-7-3-1-5-13(15)9-10-18(23)24-12-17(22)21-11-14-6-2-4-8-16(14)20/h1-10H,11-12H2,(H,21,22)/b10-9+. The van der Waals surface area contributed by atoms with Crippen molar-refractivity contribution in [2.45, 2.75) is 6.54 Å². The van der Waals surface area contributed by atoms with E-state index in [1.54, 1.807) is 12.1 Å². The number of esters is 1. The van der Waals surface area contributed by atoms with E-state index in [9.17, 15) is 9.59 Å². The number of ether oxygens (including phenoxy) is 1. The van der Waals surface area contributed by atoms with Gasteiger partial charge in [0.25, 0.3) is 5.91 Å². The van der Waals surface area contributed by atoms with Crippen LogP contribution in [0.15, 0.2) is 59.1 Å². The van der Waals surface area contributed by atoms with E-state index in [1.807, 2.05) is 42.5 Å². The highest BCUT2D eigenvalue weighted by atomic mass is 79.9. The van der Waals surface area contributed by atoms with E-state index in [0.29, 0.717) is 5.02 Å². The third-order valence-electron chi connectivity index (χ3n) is 3.08. The first-order valence-corrected chi connectivity index (χ1v) is 8.33. The zero-order valence-corrected chi connectivity index (χ0v) is 15.0. The first-order valence-electron chi connectivity index (χ1n) is 7.16. The normalized spacial score (nSPS) is 10.6. The molecule has 24 heavy (non-hydrogen) atoms. The summed E-state index contributed by atoms with van der Waals surface area (Å²) in [7, 11) is 0. The maximum Gasteiger partial charge on any atom is 0.331 e. The summed E-state index contributed by atoms with van der Waals surface area (Å²) in [5, 5.41) is 3.22. The van der Waals surface area contributed by atoms with E-state index in [4.69, 9.17) is 16.3 Å². The SMILES string of the molecule is O=C(COC(=O)/C=C/c1ccccc1Br)NCc1ccccc1Cl. The molecule has 2 rings (SSSR count). The molecule has 0 saturated heterocycles. The van der Waals surface area contributed by atoms with Crippen LogP contribution in [-0.4, -0.2) is 18.5 Å². The molecule has 2 aromatic rings. The number of nitrogens with one attached hydrogen (secondary N) is 1. The molecule has 4 nitrogen and oxygen atoms in total. The first-order chi connectivity index (χ1) is 11.6. The van der Waals surface area contributed by atoms with Crippen LogP contribution < -0.4 is 5.32 Å². The summed E-state index contributed by atoms with van der Waals surface area (Å²) in [6.45, 7) is -0.0631. The van der Waals surface area contributed by atoms with Crippen molar-refractivity contribution in [2.75, 3.05) is 6.61 Å². The molecule has 0 fully saturated rings. The van der Waals surface area contributed by atoms with Gasteiger partial charge in [0.15, 0.2) is 6.61 Å². The third-order valence-corrected chi connectivity index (χ3v) is 4.17. The highest BCUT2D eigenvalue weighted by Crippen LogP contribution is 2.17. The summed E-state index contributed by atoms with van der Waals surface area (Å²) >= 11 is 9.38. The minimum Gasteiger partial charge on any atom is -0.452 e. The summed E-state index contributed by atoms with van der Waals surface area (Å²) < 4.78 is 5.77. The molecule has 0 aliphatic rings. The molecule has 0 radical (unpaired) electrons. The number of hydrogen-bond acceptors (Lipinski definition) is 3. The lowest BCUT2D eigenvalue weighted by Crippen LogP contribution is -2.28. The van der Waals surface area contributed by atoms with Crippen molar-refractivity contribution in [1.29, 1.82) is 0 Å². The molecule has 0 aliphatic carbocycles. The number of rotatable bonds is 6. The fraction of sp³-hybridized carbons (Fsp3) is 0.111. The lowest BCUT2D eigenvalue weighted by molar-refractivity contribution is -0.143. The van der Waals surface area contributed by atoms with E-state index >= 15 is 0 Å². The van der Waals surface area contributed by atoms with Crippen molar-refractivity contribution in [3.63, 3.8) is 0 Å². The summed E-state index contributed by atoms with van der Waals surface area (Å²) in [4.78, 5) is 23.3. The molecule has 0 spiro atoms. The van der Waals surface area contributed by atoms with E-state index in [2.05, 4.69) is 21.2 Å². The predicted molar refractivity (Wildman–Crippen MR) is 97.4 cm³/mol. The maximum absolute atomic E-state index is 11.7. The van der Waals surface area contributed by atoms with E-state index in [-0.39, 0.29) is 13.2 Å². The van der Waals surface area contributed by atoms with Crippen LogP contribution in [0.3, 0.4) is 0 Å². The highest BCUT2D eigenvalue weighted by Gasteiger charge is 2.06. The third kappa shape index (κ3) is 5.83. The molecular weight excluding hydrogens is 394 g/mol. The zero-order valence-electron chi connectivity index (χ0n) is 12.7. The van der Waals surface area contributed by atoms with Crippen LogP contribution in [0.25, 0.3) is 6.08 Å². The van der Waals surface area contributed by atoms with Gasteiger partial charge >= 0.3 is 5.97 Å². The van der Waals surface area contributed by atoms with Crippen molar-refractivity contribution in [1.82, 2.24) is 5.32 Å². The van der Waals surface area contributed by atoms with Crippen LogP contribution in [0.5, 0.6) is 0 Å². The molecule has 0 heterocycles. The minimum atomic E-state index is -0.585. The fourth-order valence-electron chi connectivity index (χ4n) is 1.84. The van der Waals surface area contributed by atoms with Gasteiger partial charge in [-0.15, -0.1) is 0 Å². The van der Waals surface area contributed by atoms with Gasteiger partial charge in [0.2, 0.25) is 0 Å². The molecule has 0 aromatic heterocycles. The van der Waals surface area contributed by atoms with Gasteiger partial charge in [0, 0.05) is 22.1 Å². The smallest absolute Gasteiger partial charge is 0.331 e. The number of halogens is 2.